The van der Waals surface area contributed by atoms with Crippen molar-refractivity contribution in [1.29, 1.82) is 0 Å². The molecule has 0 saturated carbocycles. The second-order valence-corrected chi connectivity index (χ2v) is 7.11. The zero-order chi connectivity index (χ0) is 20.3. The van der Waals surface area contributed by atoms with Crippen LogP contribution in [0.15, 0.2) is 36.4 Å². The van der Waals surface area contributed by atoms with Gasteiger partial charge in [0.1, 0.15) is 13.2 Å². The highest BCUT2D eigenvalue weighted by Gasteiger charge is 2.22. The summed E-state index contributed by atoms with van der Waals surface area (Å²) >= 11 is 6.26. The van der Waals surface area contributed by atoms with E-state index in [9.17, 15) is 9.59 Å². The van der Waals surface area contributed by atoms with Crippen LogP contribution in [0.5, 0.6) is 11.5 Å². The van der Waals surface area contributed by atoms with E-state index in [4.69, 9.17) is 21.1 Å². The van der Waals surface area contributed by atoms with Crippen LogP contribution >= 0.6 is 11.6 Å². The molecular formula is C21H23ClN2O4. The van der Waals surface area contributed by atoms with Gasteiger partial charge in [-0.1, -0.05) is 23.7 Å². The first-order valence-electron chi connectivity index (χ1n) is 9.09. The number of amides is 2. The van der Waals surface area contributed by atoms with E-state index in [2.05, 4.69) is 0 Å². The molecule has 0 radical (unpaired) electrons. The van der Waals surface area contributed by atoms with Gasteiger partial charge in [0.25, 0.3) is 11.8 Å². The van der Waals surface area contributed by atoms with Gasteiger partial charge in [-0.25, -0.2) is 0 Å². The lowest BCUT2D eigenvalue weighted by Gasteiger charge is -2.24. The lowest BCUT2D eigenvalue weighted by Crippen LogP contribution is -2.30. The van der Waals surface area contributed by atoms with E-state index in [-0.39, 0.29) is 11.8 Å². The van der Waals surface area contributed by atoms with Crippen molar-refractivity contribution in [1.82, 2.24) is 9.80 Å². The number of benzene rings is 2. The smallest absolute Gasteiger partial charge is 0.254 e. The second kappa shape index (κ2) is 8.52. The van der Waals surface area contributed by atoms with Crippen molar-refractivity contribution in [3.8, 4) is 11.5 Å². The summed E-state index contributed by atoms with van der Waals surface area (Å²) in [5, 5.41) is 0.364. The molecule has 0 aromatic heterocycles. The summed E-state index contributed by atoms with van der Waals surface area (Å²) in [6, 6.07) is 10.6. The van der Waals surface area contributed by atoms with Crippen LogP contribution in [-0.2, 0) is 6.54 Å². The minimum Gasteiger partial charge on any atom is -0.486 e. The molecule has 0 atom stereocenters. The van der Waals surface area contributed by atoms with Gasteiger partial charge in [0.15, 0.2) is 11.5 Å². The molecule has 0 unspecified atom stereocenters. The van der Waals surface area contributed by atoms with E-state index in [1.807, 2.05) is 19.1 Å². The molecule has 2 aromatic carbocycles. The Kier molecular flexibility index (Phi) is 6.09. The first-order chi connectivity index (χ1) is 13.4. The van der Waals surface area contributed by atoms with E-state index < -0.39 is 0 Å². The van der Waals surface area contributed by atoms with Gasteiger partial charge in [0.2, 0.25) is 0 Å². The fraction of sp³-hybridized carbons (Fsp3) is 0.333. The van der Waals surface area contributed by atoms with Crippen molar-refractivity contribution in [3.05, 3.63) is 58.1 Å². The molecule has 0 saturated heterocycles. The van der Waals surface area contributed by atoms with Crippen LogP contribution in [0, 0.1) is 0 Å². The molecule has 148 valence electrons. The summed E-state index contributed by atoms with van der Waals surface area (Å²) in [7, 11) is 3.43. The zero-order valence-electron chi connectivity index (χ0n) is 16.2. The number of hydrogen-bond donors (Lipinski definition) is 0. The largest absolute Gasteiger partial charge is 0.486 e. The molecular weight excluding hydrogens is 380 g/mol. The average molecular weight is 403 g/mol. The zero-order valence-corrected chi connectivity index (χ0v) is 17.0. The first kappa shape index (κ1) is 20.0. The Bertz CT molecular complexity index is 881. The second-order valence-electron chi connectivity index (χ2n) is 6.70. The summed E-state index contributed by atoms with van der Waals surface area (Å²) in [5.74, 6) is 0.772. The molecule has 2 aromatic rings. The third kappa shape index (κ3) is 4.22. The van der Waals surface area contributed by atoms with Crippen LogP contribution < -0.4 is 9.47 Å². The van der Waals surface area contributed by atoms with Gasteiger partial charge in [-0.2, -0.15) is 0 Å². The Hall–Kier alpha value is -2.73. The minimum absolute atomic E-state index is 0.0547. The van der Waals surface area contributed by atoms with Gasteiger partial charge >= 0.3 is 0 Å². The summed E-state index contributed by atoms with van der Waals surface area (Å²) in [6.45, 7) is 3.74. The number of hydrogen-bond acceptors (Lipinski definition) is 4. The Labute approximate surface area is 169 Å². The van der Waals surface area contributed by atoms with Crippen molar-refractivity contribution in [2.24, 2.45) is 0 Å². The van der Waals surface area contributed by atoms with Crippen LogP contribution in [0.3, 0.4) is 0 Å². The molecule has 1 aliphatic heterocycles. The molecule has 1 aliphatic rings. The van der Waals surface area contributed by atoms with Crippen molar-refractivity contribution >= 4 is 23.4 Å². The van der Waals surface area contributed by atoms with Crippen LogP contribution in [0.2, 0.25) is 5.02 Å². The Morgan fingerprint density at radius 2 is 1.68 bits per heavy atom. The maximum Gasteiger partial charge on any atom is 0.254 e. The summed E-state index contributed by atoms with van der Waals surface area (Å²) < 4.78 is 11.1. The highest BCUT2D eigenvalue weighted by Crippen LogP contribution is 2.38. The SMILES string of the molecule is CCN(Cc1ccc(C(=O)N(C)C)cc1)C(=O)c1cc(Cl)c2c(c1)OCCO2. The van der Waals surface area contributed by atoms with E-state index in [1.165, 1.54) is 4.90 Å². The van der Waals surface area contributed by atoms with Crippen molar-refractivity contribution < 1.29 is 19.1 Å². The Morgan fingerprint density at radius 3 is 2.32 bits per heavy atom. The topological polar surface area (TPSA) is 59.1 Å². The molecule has 0 N–H and O–H groups in total. The quantitative estimate of drug-likeness (QED) is 0.768. The number of halogens is 1. The molecule has 28 heavy (non-hydrogen) atoms. The van der Waals surface area contributed by atoms with Gasteiger partial charge in [-0.3, -0.25) is 9.59 Å². The van der Waals surface area contributed by atoms with E-state index in [0.29, 0.717) is 54.0 Å². The van der Waals surface area contributed by atoms with Crippen LogP contribution in [0.25, 0.3) is 0 Å². The van der Waals surface area contributed by atoms with Gasteiger partial charge in [-0.05, 0) is 36.8 Å². The number of fused-ring (bicyclic) bond motifs is 1. The fourth-order valence-electron chi connectivity index (χ4n) is 2.98. The molecule has 0 aliphatic carbocycles. The van der Waals surface area contributed by atoms with Gasteiger partial charge < -0.3 is 19.3 Å². The highest BCUT2D eigenvalue weighted by molar-refractivity contribution is 6.32. The van der Waals surface area contributed by atoms with Crippen LogP contribution in [0.1, 0.15) is 33.2 Å². The van der Waals surface area contributed by atoms with E-state index >= 15 is 0 Å². The van der Waals surface area contributed by atoms with Crippen LogP contribution in [-0.4, -0.2) is 55.5 Å². The monoisotopic (exact) mass is 402 g/mol. The lowest BCUT2D eigenvalue weighted by atomic mass is 10.1. The van der Waals surface area contributed by atoms with E-state index in [1.54, 1.807) is 43.3 Å². The van der Waals surface area contributed by atoms with Gasteiger partial charge in [0.05, 0.1) is 5.02 Å². The van der Waals surface area contributed by atoms with Crippen molar-refractivity contribution in [2.75, 3.05) is 33.9 Å². The van der Waals surface area contributed by atoms with Crippen molar-refractivity contribution in [3.63, 3.8) is 0 Å². The number of rotatable bonds is 5. The van der Waals surface area contributed by atoms with Gasteiger partial charge in [0, 0.05) is 38.3 Å². The Morgan fingerprint density at radius 1 is 1.00 bits per heavy atom. The molecule has 0 bridgehead atoms. The Balaban J connectivity index is 1.77. The number of nitrogens with zero attached hydrogens (tertiary/aromatic N) is 2. The predicted molar refractivity (Wildman–Crippen MR) is 107 cm³/mol. The molecule has 6 nitrogen and oxygen atoms in total. The normalized spacial score (nSPS) is 12.4. The third-order valence-corrected chi connectivity index (χ3v) is 4.77. The molecule has 3 rings (SSSR count). The van der Waals surface area contributed by atoms with E-state index in [0.717, 1.165) is 5.56 Å². The summed E-state index contributed by atoms with van der Waals surface area (Å²) in [4.78, 5) is 28.2. The third-order valence-electron chi connectivity index (χ3n) is 4.49. The summed E-state index contributed by atoms with van der Waals surface area (Å²) in [6.07, 6.45) is 0. The molecule has 0 spiro atoms. The minimum atomic E-state index is -0.144. The lowest BCUT2D eigenvalue weighted by molar-refractivity contribution is 0.0750. The maximum atomic E-state index is 13.0. The standard InChI is InChI=1S/C21H23ClN2O4/c1-4-24(13-14-5-7-15(8-6-14)20(25)23(2)3)21(26)16-11-17(22)19-18(12-16)27-9-10-28-19/h5-8,11-12H,4,9-10,13H2,1-3H3. The molecule has 0 fully saturated rings. The maximum absolute atomic E-state index is 13.0. The first-order valence-corrected chi connectivity index (χ1v) is 9.47. The molecule has 7 heteroatoms. The van der Waals surface area contributed by atoms with Gasteiger partial charge in [-0.15, -0.1) is 0 Å². The predicted octanol–water partition coefficient (Wildman–Crippen LogP) is 3.48. The summed E-state index contributed by atoms with van der Waals surface area (Å²) in [5.41, 5.74) is 2.01. The van der Waals surface area contributed by atoms with Crippen molar-refractivity contribution in [2.45, 2.75) is 13.5 Å². The fourth-order valence-corrected chi connectivity index (χ4v) is 3.24. The molecule has 2 amide bonds. The molecule has 1 heterocycles. The highest BCUT2D eigenvalue weighted by atomic mass is 35.5. The number of carbonyl (C=O) groups is 2. The number of ether oxygens (including phenoxy) is 2. The average Bonchev–Trinajstić information content (AvgIpc) is 2.71. The number of carbonyl (C=O) groups excluding carboxylic acids is 2. The van der Waals surface area contributed by atoms with Crippen LogP contribution in [0.4, 0.5) is 0 Å².